The maximum atomic E-state index is 13.8. The van der Waals surface area contributed by atoms with E-state index in [0.29, 0.717) is 37.4 Å². The highest BCUT2D eigenvalue weighted by Gasteiger charge is 2.58. The Morgan fingerprint density at radius 2 is 1.93 bits per heavy atom. The lowest BCUT2D eigenvalue weighted by Gasteiger charge is -2.37. The molecule has 2 saturated carbocycles. The molecule has 1 saturated heterocycles. The number of anilines is 1. The number of hydrogen-bond donors (Lipinski definition) is 2. The Morgan fingerprint density at radius 3 is 2.63 bits per heavy atom. The SMILES string of the molecule is N#Cc1cccc([C@]23CCC(N(CCN4CCC(NC(=O)C(F)(F)F)C4)C(=O)Nc4ccc(F)c(F)c4)C[C@@H]2C3)c1. The minimum absolute atomic E-state index is 0.0234. The normalized spacial score (nSPS) is 25.6. The third-order valence-electron chi connectivity index (χ3n) is 8.67. The van der Waals surface area contributed by atoms with Crippen molar-refractivity contribution in [3.63, 3.8) is 0 Å². The van der Waals surface area contributed by atoms with Crippen LogP contribution in [0.1, 0.15) is 43.2 Å². The van der Waals surface area contributed by atoms with E-state index in [1.807, 2.05) is 28.4 Å². The Bertz CT molecular complexity index is 1360. The van der Waals surface area contributed by atoms with Gasteiger partial charge in [-0.3, -0.25) is 9.69 Å². The van der Waals surface area contributed by atoms with E-state index in [-0.39, 0.29) is 30.2 Å². The van der Waals surface area contributed by atoms with Gasteiger partial charge in [0.2, 0.25) is 0 Å². The van der Waals surface area contributed by atoms with Crippen LogP contribution in [-0.2, 0) is 10.2 Å². The molecule has 0 bridgehead atoms. The molecule has 2 N–H and O–H groups in total. The first-order valence-electron chi connectivity index (χ1n) is 13.6. The first-order chi connectivity index (χ1) is 19.5. The van der Waals surface area contributed by atoms with Crippen LogP contribution in [0.3, 0.4) is 0 Å². The van der Waals surface area contributed by atoms with Crippen LogP contribution in [0.15, 0.2) is 42.5 Å². The van der Waals surface area contributed by atoms with Gasteiger partial charge in [0.1, 0.15) is 0 Å². The molecule has 1 aliphatic heterocycles. The number of halogens is 5. The Hall–Kier alpha value is -3.72. The minimum Gasteiger partial charge on any atom is -0.344 e. The number of urea groups is 1. The van der Waals surface area contributed by atoms with Crippen LogP contribution >= 0.6 is 0 Å². The Labute approximate surface area is 234 Å². The molecule has 41 heavy (non-hydrogen) atoms. The summed E-state index contributed by atoms with van der Waals surface area (Å²) >= 11 is 0. The molecule has 12 heteroatoms. The largest absolute Gasteiger partial charge is 0.471 e. The van der Waals surface area contributed by atoms with Crippen molar-refractivity contribution in [1.29, 1.82) is 5.26 Å². The number of benzene rings is 2. The van der Waals surface area contributed by atoms with E-state index in [2.05, 4.69) is 11.4 Å². The number of carbonyl (C=O) groups is 2. The van der Waals surface area contributed by atoms with Crippen LogP contribution in [-0.4, -0.2) is 66.2 Å². The average Bonchev–Trinajstić information content (AvgIpc) is 3.52. The molecule has 2 aliphatic carbocycles. The number of nitriles is 1. The Kier molecular flexibility index (Phi) is 7.92. The first-order valence-corrected chi connectivity index (χ1v) is 13.6. The van der Waals surface area contributed by atoms with E-state index < -0.39 is 35.8 Å². The number of nitrogens with zero attached hydrogens (tertiary/aromatic N) is 3. The van der Waals surface area contributed by atoms with Crippen molar-refractivity contribution >= 4 is 17.6 Å². The maximum Gasteiger partial charge on any atom is 0.471 e. The fraction of sp³-hybridized carbons (Fsp3) is 0.483. The molecule has 0 spiro atoms. The average molecular weight is 576 g/mol. The van der Waals surface area contributed by atoms with E-state index in [1.54, 1.807) is 11.0 Å². The molecule has 218 valence electrons. The second-order valence-corrected chi connectivity index (χ2v) is 11.2. The second-order valence-electron chi connectivity index (χ2n) is 11.2. The number of nitrogens with one attached hydrogen (secondary N) is 2. The summed E-state index contributed by atoms with van der Waals surface area (Å²) in [5.41, 5.74) is 1.82. The molecule has 2 aromatic carbocycles. The monoisotopic (exact) mass is 575 g/mol. The lowest BCUT2D eigenvalue weighted by molar-refractivity contribution is -0.174. The van der Waals surface area contributed by atoms with Crippen LogP contribution in [0.5, 0.6) is 0 Å². The predicted molar refractivity (Wildman–Crippen MR) is 140 cm³/mol. The number of alkyl halides is 3. The number of amides is 3. The van der Waals surface area contributed by atoms with Gasteiger partial charge in [-0.1, -0.05) is 12.1 Å². The van der Waals surface area contributed by atoms with Crippen LogP contribution in [0.4, 0.5) is 32.4 Å². The molecule has 4 atom stereocenters. The summed E-state index contributed by atoms with van der Waals surface area (Å²) < 4.78 is 65.1. The van der Waals surface area contributed by atoms with Gasteiger partial charge in [0.25, 0.3) is 0 Å². The van der Waals surface area contributed by atoms with Crippen molar-refractivity contribution in [3.05, 3.63) is 65.2 Å². The van der Waals surface area contributed by atoms with E-state index in [1.165, 1.54) is 6.07 Å². The van der Waals surface area contributed by atoms with Gasteiger partial charge in [-0.05, 0) is 73.3 Å². The molecular weight excluding hydrogens is 545 g/mol. The first kappa shape index (κ1) is 28.8. The van der Waals surface area contributed by atoms with E-state index in [4.69, 9.17) is 0 Å². The quantitative estimate of drug-likeness (QED) is 0.459. The number of fused-ring (bicyclic) bond motifs is 1. The van der Waals surface area contributed by atoms with Crippen molar-refractivity contribution in [2.75, 3.05) is 31.5 Å². The molecule has 7 nitrogen and oxygen atoms in total. The molecule has 0 aromatic heterocycles. The molecule has 3 amide bonds. The summed E-state index contributed by atoms with van der Waals surface area (Å²) in [5.74, 6) is -3.76. The van der Waals surface area contributed by atoms with E-state index in [0.717, 1.165) is 37.0 Å². The van der Waals surface area contributed by atoms with E-state index in [9.17, 15) is 36.8 Å². The highest BCUT2D eigenvalue weighted by atomic mass is 19.4. The van der Waals surface area contributed by atoms with Gasteiger partial charge >= 0.3 is 18.1 Å². The van der Waals surface area contributed by atoms with Gasteiger partial charge in [0.05, 0.1) is 11.6 Å². The number of hydrogen-bond acceptors (Lipinski definition) is 4. The van der Waals surface area contributed by atoms with Gasteiger partial charge in [0.15, 0.2) is 11.6 Å². The van der Waals surface area contributed by atoms with E-state index >= 15 is 0 Å². The molecule has 3 fully saturated rings. The molecule has 5 rings (SSSR count). The highest BCUT2D eigenvalue weighted by molar-refractivity contribution is 5.89. The summed E-state index contributed by atoms with van der Waals surface area (Å²) in [6, 6.07) is 11.7. The third-order valence-corrected chi connectivity index (χ3v) is 8.67. The zero-order chi connectivity index (χ0) is 29.4. The summed E-state index contributed by atoms with van der Waals surface area (Å²) in [6.07, 6.45) is -1.39. The zero-order valence-electron chi connectivity index (χ0n) is 22.2. The van der Waals surface area contributed by atoms with Crippen LogP contribution < -0.4 is 10.6 Å². The number of likely N-dealkylation sites (tertiary alicyclic amines) is 1. The topological polar surface area (TPSA) is 88.5 Å². The maximum absolute atomic E-state index is 13.8. The number of rotatable bonds is 7. The number of carbonyl (C=O) groups excluding carboxylic acids is 2. The fourth-order valence-corrected chi connectivity index (χ4v) is 6.43. The lowest BCUT2D eigenvalue weighted by atomic mass is 9.80. The minimum atomic E-state index is -4.95. The van der Waals surface area contributed by atoms with Gasteiger partial charge in [-0.25, -0.2) is 13.6 Å². The fourth-order valence-electron chi connectivity index (χ4n) is 6.43. The summed E-state index contributed by atoms with van der Waals surface area (Å²) in [6.45, 7) is 1.34. The molecule has 2 unspecified atom stereocenters. The Morgan fingerprint density at radius 1 is 1.12 bits per heavy atom. The predicted octanol–water partition coefficient (Wildman–Crippen LogP) is 4.93. The van der Waals surface area contributed by atoms with Crippen molar-refractivity contribution in [2.45, 2.75) is 55.8 Å². The summed E-state index contributed by atoms with van der Waals surface area (Å²) in [4.78, 5) is 28.4. The van der Waals surface area contributed by atoms with Gasteiger partial charge in [-0.2, -0.15) is 18.4 Å². The van der Waals surface area contributed by atoms with Crippen molar-refractivity contribution in [3.8, 4) is 6.07 Å². The van der Waals surface area contributed by atoms with Crippen LogP contribution in [0, 0.1) is 28.9 Å². The molecule has 3 aliphatic rings. The van der Waals surface area contributed by atoms with Crippen LogP contribution in [0.2, 0.25) is 0 Å². The van der Waals surface area contributed by atoms with Gasteiger partial charge in [0, 0.05) is 50.0 Å². The van der Waals surface area contributed by atoms with Crippen LogP contribution in [0.25, 0.3) is 0 Å². The third kappa shape index (κ3) is 6.30. The van der Waals surface area contributed by atoms with Gasteiger partial charge in [-0.15, -0.1) is 0 Å². The smallest absolute Gasteiger partial charge is 0.344 e. The van der Waals surface area contributed by atoms with Crippen molar-refractivity contribution < 1.29 is 31.5 Å². The molecule has 2 aromatic rings. The van der Waals surface area contributed by atoms with Crippen molar-refractivity contribution in [2.24, 2.45) is 5.92 Å². The van der Waals surface area contributed by atoms with Crippen molar-refractivity contribution in [1.82, 2.24) is 15.1 Å². The molecular formula is C29H30F5N5O2. The summed E-state index contributed by atoms with van der Waals surface area (Å²) in [7, 11) is 0. The molecule has 1 heterocycles. The zero-order valence-corrected chi connectivity index (χ0v) is 22.2. The highest BCUT2D eigenvalue weighted by Crippen LogP contribution is 2.62. The lowest BCUT2D eigenvalue weighted by Crippen LogP contribution is -2.49. The standard InChI is InChI=1S/C29H30F5N5O2/c30-24-5-4-21(14-25(24)31)37-27(41)39(11-10-38-9-7-22(17-38)36-26(40)29(32,33)34)23-6-8-28(15-20(28)13-23)19-3-1-2-18(12-19)16-35/h1-5,12,14,20,22-23H,6-11,13,15,17H2,(H,36,40)(H,37,41)/t20-,22?,23?,28-/m1/s1. The summed E-state index contributed by atoms with van der Waals surface area (Å²) in [5, 5.41) is 14.0. The molecule has 0 radical (unpaired) electrons. The Balaban J connectivity index is 1.26. The second kappa shape index (κ2) is 11.3. The van der Waals surface area contributed by atoms with Gasteiger partial charge < -0.3 is 15.5 Å².